The first-order valence-corrected chi connectivity index (χ1v) is 11.6. The van der Waals surface area contributed by atoms with Crippen molar-refractivity contribution in [2.75, 3.05) is 5.73 Å². The van der Waals surface area contributed by atoms with Crippen LogP contribution in [0.2, 0.25) is 0 Å². The lowest BCUT2D eigenvalue weighted by Crippen LogP contribution is -1.94. The minimum Gasteiger partial charge on any atom is -0.456 e. The Morgan fingerprint density at radius 3 is 2.18 bits per heavy atom. The number of fused-ring (bicyclic) bond motifs is 3. The second-order valence-corrected chi connectivity index (χ2v) is 8.87. The number of nitrogen functional groups attached to an aromatic ring is 1. The zero-order valence-electron chi connectivity index (χ0n) is 19.1. The van der Waals surface area contributed by atoms with E-state index >= 15 is 0 Å². The summed E-state index contributed by atoms with van der Waals surface area (Å²) in [4.78, 5) is 0. The summed E-state index contributed by atoms with van der Waals surface area (Å²) >= 11 is 0. The van der Waals surface area contributed by atoms with Crippen LogP contribution in [0.3, 0.4) is 0 Å². The van der Waals surface area contributed by atoms with Gasteiger partial charge in [-0.2, -0.15) is 0 Å². The molecule has 1 aliphatic carbocycles. The molecular weight excluding hydrogens is 414 g/mol. The van der Waals surface area contributed by atoms with Crippen LogP contribution < -0.4 is 10.5 Å². The molecule has 0 saturated heterocycles. The number of benzene rings is 5. The predicted octanol–water partition coefficient (Wildman–Crippen LogP) is 8.27. The van der Waals surface area contributed by atoms with E-state index in [0.29, 0.717) is 0 Å². The lowest BCUT2D eigenvalue weighted by atomic mass is 9.93. The highest BCUT2D eigenvalue weighted by molar-refractivity contribution is 5.87. The summed E-state index contributed by atoms with van der Waals surface area (Å²) in [6, 6.07) is 38.1. The SMILES string of the molecule is Cc1cc(N)ccc1Oc1ccc(-c2cccc3c2Cc2ccccc2-3)cc1-c1ccccc1. The molecule has 0 bridgehead atoms. The Balaban J connectivity index is 1.47. The molecule has 6 rings (SSSR count). The maximum absolute atomic E-state index is 6.43. The van der Waals surface area contributed by atoms with Crippen LogP contribution in [-0.4, -0.2) is 0 Å². The second-order valence-electron chi connectivity index (χ2n) is 8.87. The molecule has 0 radical (unpaired) electrons. The van der Waals surface area contributed by atoms with Crippen molar-refractivity contribution in [3.63, 3.8) is 0 Å². The zero-order valence-corrected chi connectivity index (χ0v) is 19.1. The zero-order chi connectivity index (χ0) is 23.1. The predicted molar refractivity (Wildman–Crippen MR) is 141 cm³/mol. The summed E-state index contributed by atoms with van der Waals surface area (Å²) in [7, 11) is 0. The maximum atomic E-state index is 6.43. The van der Waals surface area contributed by atoms with Crippen LogP contribution in [0.4, 0.5) is 5.69 Å². The van der Waals surface area contributed by atoms with Gasteiger partial charge in [0.25, 0.3) is 0 Å². The fraction of sp³-hybridized carbons (Fsp3) is 0.0625. The van der Waals surface area contributed by atoms with Gasteiger partial charge in [-0.1, -0.05) is 78.9 Å². The van der Waals surface area contributed by atoms with Crippen molar-refractivity contribution in [1.29, 1.82) is 0 Å². The highest BCUT2D eigenvalue weighted by Crippen LogP contribution is 2.43. The van der Waals surface area contributed by atoms with Gasteiger partial charge in [0.05, 0.1) is 0 Å². The highest BCUT2D eigenvalue weighted by Gasteiger charge is 2.21. The molecule has 2 heteroatoms. The van der Waals surface area contributed by atoms with Crippen molar-refractivity contribution >= 4 is 5.69 Å². The Kier molecular flexibility index (Phi) is 4.92. The largest absolute Gasteiger partial charge is 0.456 e. The molecule has 164 valence electrons. The third-order valence-corrected chi connectivity index (χ3v) is 6.65. The third-order valence-electron chi connectivity index (χ3n) is 6.65. The van der Waals surface area contributed by atoms with Crippen LogP contribution in [0.15, 0.2) is 109 Å². The number of aryl methyl sites for hydroxylation is 1. The van der Waals surface area contributed by atoms with Gasteiger partial charge in [-0.3, -0.25) is 0 Å². The van der Waals surface area contributed by atoms with Gasteiger partial charge in [0.2, 0.25) is 0 Å². The molecule has 34 heavy (non-hydrogen) atoms. The van der Waals surface area contributed by atoms with Crippen molar-refractivity contribution in [3.8, 4) is 44.9 Å². The molecule has 5 aromatic rings. The number of nitrogens with two attached hydrogens (primary N) is 1. The van der Waals surface area contributed by atoms with E-state index in [9.17, 15) is 0 Å². The van der Waals surface area contributed by atoms with Gasteiger partial charge in [0.1, 0.15) is 11.5 Å². The molecule has 0 aromatic heterocycles. The molecule has 0 spiro atoms. The van der Waals surface area contributed by atoms with Gasteiger partial charge in [-0.05, 0) is 88.2 Å². The van der Waals surface area contributed by atoms with E-state index in [-0.39, 0.29) is 0 Å². The monoisotopic (exact) mass is 439 g/mol. The molecule has 0 saturated carbocycles. The van der Waals surface area contributed by atoms with Crippen LogP contribution in [-0.2, 0) is 6.42 Å². The fourth-order valence-electron chi connectivity index (χ4n) is 4.96. The lowest BCUT2D eigenvalue weighted by molar-refractivity contribution is 0.481. The van der Waals surface area contributed by atoms with E-state index in [1.807, 2.05) is 31.2 Å². The van der Waals surface area contributed by atoms with E-state index in [1.165, 1.54) is 33.4 Å². The molecular formula is C32H25NO. The van der Waals surface area contributed by atoms with Crippen LogP contribution in [0, 0.1) is 6.92 Å². The van der Waals surface area contributed by atoms with Gasteiger partial charge < -0.3 is 10.5 Å². The van der Waals surface area contributed by atoms with Crippen LogP contribution in [0.1, 0.15) is 16.7 Å². The molecule has 0 aliphatic heterocycles. The van der Waals surface area contributed by atoms with Crippen LogP contribution in [0.25, 0.3) is 33.4 Å². The van der Waals surface area contributed by atoms with E-state index in [2.05, 4.69) is 84.9 Å². The van der Waals surface area contributed by atoms with E-state index in [0.717, 1.165) is 40.3 Å². The molecule has 0 amide bonds. The minimum absolute atomic E-state index is 0.738. The second kappa shape index (κ2) is 8.24. The summed E-state index contributed by atoms with van der Waals surface area (Å²) in [5.41, 5.74) is 17.9. The molecule has 0 heterocycles. The van der Waals surface area contributed by atoms with Crippen molar-refractivity contribution in [3.05, 3.63) is 126 Å². The molecule has 5 aromatic carbocycles. The molecule has 0 atom stereocenters. The first kappa shape index (κ1) is 20.3. The first-order chi connectivity index (χ1) is 16.7. The average molecular weight is 440 g/mol. The van der Waals surface area contributed by atoms with Gasteiger partial charge >= 0.3 is 0 Å². The number of hydrogen-bond acceptors (Lipinski definition) is 2. The van der Waals surface area contributed by atoms with Gasteiger partial charge in [-0.25, -0.2) is 0 Å². The number of rotatable bonds is 4. The maximum Gasteiger partial charge on any atom is 0.135 e. The Morgan fingerprint density at radius 1 is 0.588 bits per heavy atom. The van der Waals surface area contributed by atoms with Gasteiger partial charge in [0.15, 0.2) is 0 Å². The van der Waals surface area contributed by atoms with Crippen molar-refractivity contribution in [2.24, 2.45) is 0 Å². The van der Waals surface area contributed by atoms with E-state index in [4.69, 9.17) is 10.5 Å². The van der Waals surface area contributed by atoms with Gasteiger partial charge in [0, 0.05) is 11.3 Å². The minimum atomic E-state index is 0.738. The Hall–Kier alpha value is -4.30. The van der Waals surface area contributed by atoms with Gasteiger partial charge in [-0.15, -0.1) is 0 Å². The van der Waals surface area contributed by atoms with E-state index in [1.54, 1.807) is 0 Å². The molecule has 2 N–H and O–H groups in total. The molecule has 0 fully saturated rings. The summed E-state index contributed by atoms with van der Waals surface area (Å²) in [5, 5.41) is 0. The first-order valence-electron chi connectivity index (χ1n) is 11.6. The summed E-state index contributed by atoms with van der Waals surface area (Å²) in [6.07, 6.45) is 0.964. The lowest BCUT2D eigenvalue weighted by Gasteiger charge is -2.16. The topological polar surface area (TPSA) is 35.2 Å². The third kappa shape index (κ3) is 3.54. The normalized spacial score (nSPS) is 11.7. The Bertz CT molecular complexity index is 1520. The molecule has 2 nitrogen and oxygen atoms in total. The van der Waals surface area contributed by atoms with E-state index < -0.39 is 0 Å². The van der Waals surface area contributed by atoms with Crippen molar-refractivity contribution < 1.29 is 4.74 Å². The van der Waals surface area contributed by atoms with Crippen molar-refractivity contribution in [1.82, 2.24) is 0 Å². The number of hydrogen-bond donors (Lipinski definition) is 1. The summed E-state index contributed by atoms with van der Waals surface area (Å²) in [5.74, 6) is 1.65. The fourth-order valence-corrected chi connectivity index (χ4v) is 4.96. The molecule has 1 aliphatic rings. The van der Waals surface area contributed by atoms with Crippen LogP contribution >= 0.6 is 0 Å². The Morgan fingerprint density at radius 2 is 1.32 bits per heavy atom. The average Bonchev–Trinajstić information content (AvgIpc) is 3.25. The Labute approximate surface area is 200 Å². The molecule has 0 unspecified atom stereocenters. The highest BCUT2D eigenvalue weighted by atomic mass is 16.5. The quantitative estimate of drug-likeness (QED) is 0.281. The number of anilines is 1. The standard InChI is InChI=1S/C32H25NO/c1-21-18-25(33)15-17-31(21)34-32-16-14-24(19-29(32)22-8-3-2-4-9-22)27-12-7-13-28-26-11-6-5-10-23(26)20-30(27)28/h2-19H,20,33H2,1H3. The smallest absolute Gasteiger partial charge is 0.135 e. The van der Waals surface area contributed by atoms with Crippen LogP contribution in [0.5, 0.6) is 11.5 Å². The summed E-state index contributed by atoms with van der Waals surface area (Å²) < 4.78 is 6.43. The van der Waals surface area contributed by atoms with Crippen molar-refractivity contribution in [2.45, 2.75) is 13.3 Å². The number of ether oxygens (including phenoxy) is 1. The summed E-state index contributed by atoms with van der Waals surface area (Å²) in [6.45, 7) is 2.02.